The van der Waals surface area contributed by atoms with Gasteiger partial charge in [0, 0.05) is 22.6 Å². The maximum absolute atomic E-state index is 11.9. The first-order valence-electron chi connectivity index (χ1n) is 6.07. The summed E-state index contributed by atoms with van der Waals surface area (Å²) in [6, 6.07) is 12.2. The third kappa shape index (κ3) is 1.87. The number of aromatic hydroxyl groups is 1. The van der Waals surface area contributed by atoms with E-state index in [-0.39, 0.29) is 16.3 Å². The van der Waals surface area contributed by atoms with Crippen LogP contribution in [0.5, 0.6) is 11.5 Å². The Morgan fingerprint density at radius 1 is 1.10 bits per heavy atom. The molecular formula is C16H11ClO3. The highest BCUT2D eigenvalue weighted by Gasteiger charge is 2.33. The van der Waals surface area contributed by atoms with E-state index in [4.69, 9.17) is 16.3 Å². The van der Waals surface area contributed by atoms with Gasteiger partial charge in [-0.2, -0.15) is 0 Å². The van der Waals surface area contributed by atoms with Crippen LogP contribution < -0.4 is 4.74 Å². The standard InChI is InChI=1S/C16H11ClO3/c1-9-14(11-6-4-7-12(17)15(11)18)10-5-2-3-8-13(10)20-16(9)19/h2-8,14,18H,1H2. The van der Waals surface area contributed by atoms with E-state index in [1.54, 1.807) is 30.3 Å². The predicted octanol–water partition coefficient (Wildman–Crippen LogP) is 3.65. The van der Waals surface area contributed by atoms with E-state index >= 15 is 0 Å². The SMILES string of the molecule is C=C1C(=O)Oc2ccccc2C1c1cccc(Cl)c1O. The van der Waals surface area contributed by atoms with Crippen molar-refractivity contribution < 1.29 is 14.6 Å². The lowest BCUT2D eigenvalue weighted by molar-refractivity contribution is -0.131. The van der Waals surface area contributed by atoms with Gasteiger partial charge in [0.05, 0.1) is 5.02 Å². The molecule has 1 aliphatic heterocycles. The number of halogens is 1. The lowest BCUT2D eigenvalue weighted by Crippen LogP contribution is -2.23. The maximum atomic E-state index is 11.9. The van der Waals surface area contributed by atoms with Crippen LogP contribution in [0.4, 0.5) is 0 Å². The van der Waals surface area contributed by atoms with E-state index in [1.165, 1.54) is 0 Å². The number of hydrogen-bond acceptors (Lipinski definition) is 3. The van der Waals surface area contributed by atoms with Gasteiger partial charge in [-0.25, -0.2) is 4.79 Å². The number of phenolic OH excluding ortho intramolecular Hbond substituents is 1. The lowest BCUT2D eigenvalue weighted by Gasteiger charge is -2.27. The topological polar surface area (TPSA) is 46.5 Å². The summed E-state index contributed by atoms with van der Waals surface area (Å²) in [4.78, 5) is 11.9. The number of rotatable bonds is 1. The highest BCUT2D eigenvalue weighted by Crippen LogP contribution is 2.45. The van der Waals surface area contributed by atoms with Crippen molar-refractivity contribution in [1.29, 1.82) is 0 Å². The molecule has 20 heavy (non-hydrogen) atoms. The van der Waals surface area contributed by atoms with Gasteiger partial charge in [0.15, 0.2) is 0 Å². The van der Waals surface area contributed by atoms with E-state index in [9.17, 15) is 9.90 Å². The molecule has 0 bridgehead atoms. The first kappa shape index (κ1) is 12.8. The molecule has 1 heterocycles. The van der Waals surface area contributed by atoms with Crippen molar-refractivity contribution >= 4 is 17.6 Å². The molecule has 3 nitrogen and oxygen atoms in total. The summed E-state index contributed by atoms with van der Waals surface area (Å²) < 4.78 is 5.21. The molecule has 4 heteroatoms. The smallest absolute Gasteiger partial charge is 0.339 e. The van der Waals surface area contributed by atoms with E-state index in [2.05, 4.69) is 6.58 Å². The molecule has 0 aromatic heterocycles. The van der Waals surface area contributed by atoms with E-state index in [1.807, 2.05) is 12.1 Å². The summed E-state index contributed by atoms with van der Waals surface area (Å²) in [5.74, 6) is -0.502. The average Bonchev–Trinajstić information content (AvgIpc) is 2.44. The van der Waals surface area contributed by atoms with Crippen molar-refractivity contribution in [3.05, 3.63) is 70.8 Å². The summed E-state index contributed by atoms with van der Waals surface area (Å²) >= 11 is 5.95. The normalized spacial score (nSPS) is 17.6. The van der Waals surface area contributed by atoms with Crippen LogP contribution in [0.1, 0.15) is 17.0 Å². The Labute approximate surface area is 121 Å². The number of carbonyl (C=O) groups is 1. The van der Waals surface area contributed by atoms with Crippen LogP contribution in [0.3, 0.4) is 0 Å². The highest BCUT2D eigenvalue weighted by molar-refractivity contribution is 6.32. The molecular weight excluding hydrogens is 276 g/mol. The van der Waals surface area contributed by atoms with Gasteiger partial charge in [0.2, 0.25) is 0 Å². The lowest BCUT2D eigenvalue weighted by atomic mass is 9.83. The third-order valence-corrected chi connectivity index (χ3v) is 3.68. The molecule has 0 aliphatic carbocycles. The van der Waals surface area contributed by atoms with E-state index in [0.29, 0.717) is 11.3 Å². The van der Waals surface area contributed by atoms with E-state index < -0.39 is 11.9 Å². The van der Waals surface area contributed by atoms with Crippen molar-refractivity contribution in [2.75, 3.05) is 0 Å². The van der Waals surface area contributed by atoms with Crippen LogP contribution in [0.15, 0.2) is 54.6 Å². The molecule has 0 spiro atoms. The summed E-state index contributed by atoms with van der Waals surface area (Å²) in [6.45, 7) is 3.79. The van der Waals surface area contributed by atoms with Crippen molar-refractivity contribution in [1.82, 2.24) is 0 Å². The van der Waals surface area contributed by atoms with Gasteiger partial charge in [0.25, 0.3) is 0 Å². The second-order valence-corrected chi connectivity index (χ2v) is 4.97. The number of para-hydroxylation sites is 2. The monoisotopic (exact) mass is 286 g/mol. The first-order chi connectivity index (χ1) is 9.59. The average molecular weight is 287 g/mol. The molecule has 1 aliphatic rings. The quantitative estimate of drug-likeness (QED) is 0.494. The summed E-state index contributed by atoms with van der Waals surface area (Å²) in [5.41, 5.74) is 1.61. The second-order valence-electron chi connectivity index (χ2n) is 4.56. The number of carbonyl (C=O) groups excluding carboxylic acids is 1. The Balaban J connectivity index is 2.24. The Kier molecular flexibility index (Phi) is 2.99. The molecule has 2 aromatic rings. The minimum absolute atomic E-state index is 0.0372. The molecule has 0 saturated carbocycles. The Hall–Kier alpha value is -2.26. The van der Waals surface area contributed by atoms with Crippen LogP contribution in [-0.4, -0.2) is 11.1 Å². The van der Waals surface area contributed by atoms with Crippen molar-refractivity contribution in [3.63, 3.8) is 0 Å². The van der Waals surface area contributed by atoms with Crippen LogP contribution >= 0.6 is 11.6 Å². The van der Waals surface area contributed by atoms with Crippen LogP contribution in [0, 0.1) is 0 Å². The Bertz CT molecular complexity index is 721. The van der Waals surface area contributed by atoms with Crippen LogP contribution in [0.2, 0.25) is 5.02 Å². The zero-order chi connectivity index (χ0) is 14.3. The predicted molar refractivity (Wildman–Crippen MR) is 76.2 cm³/mol. The fourth-order valence-corrected chi connectivity index (χ4v) is 2.58. The summed E-state index contributed by atoms with van der Waals surface area (Å²) in [5, 5.41) is 10.4. The number of hydrogen-bond donors (Lipinski definition) is 1. The zero-order valence-electron chi connectivity index (χ0n) is 10.5. The number of ether oxygens (including phenoxy) is 1. The van der Waals surface area contributed by atoms with Gasteiger partial charge in [-0.15, -0.1) is 0 Å². The van der Waals surface area contributed by atoms with Gasteiger partial charge in [-0.3, -0.25) is 0 Å². The molecule has 0 fully saturated rings. The molecule has 0 amide bonds. The fourth-order valence-electron chi connectivity index (χ4n) is 2.40. The molecule has 0 radical (unpaired) electrons. The molecule has 1 unspecified atom stereocenters. The molecule has 1 atom stereocenters. The zero-order valence-corrected chi connectivity index (χ0v) is 11.2. The molecule has 100 valence electrons. The van der Waals surface area contributed by atoms with Gasteiger partial charge >= 0.3 is 5.97 Å². The fraction of sp³-hybridized carbons (Fsp3) is 0.0625. The van der Waals surface area contributed by atoms with Crippen LogP contribution in [0.25, 0.3) is 0 Å². The van der Waals surface area contributed by atoms with Gasteiger partial charge in [0.1, 0.15) is 11.5 Å². The van der Waals surface area contributed by atoms with Crippen LogP contribution in [-0.2, 0) is 4.79 Å². The number of fused-ring (bicyclic) bond motifs is 1. The summed E-state index contributed by atoms with van der Waals surface area (Å²) in [6.07, 6.45) is 0. The van der Waals surface area contributed by atoms with Gasteiger partial charge < -0.3 is 9.84 Å². The molecule has 2 aromatic carbocycles. The largest absolute Gasteiger partial charge is 0.506 e. The third-order valence-electron chi connectivity index (χ3n) is 3.37. The second kappa shape index (κ2) is 4.69. The van der Waals surface area contributed by atoms with Crippen molar-refractivity contribution in [2.24, 2.45) is 0 Å². The first-order valence-corrected chi connectivity index (χ1v) is 6.44. The Morgan fingerprint density at radius 3 is 2.60 bits per heavy atom. The van der Waals surface area contributed by atoms with Gasteiger partial charge in [-0.1, -0.05) is 48.5 Å². The molecule has 1 N–H and O–H groups in total. The minimum Gasteiger partial charge on any atom is -0.506 e. The van der Waals surface area contributed by atoms with E-state index in [0.717, 1.165) is 5.56 Å². The summed E-state index contributed by atoms with van der Waals surface area (Å²) in [7, 11) is 0. The Morgan fingerprint density at radius 2 is 1.80 bits per heavy atom. The van der Waals surface area contributed by atoms with Crippen molar-refractivity contribution in [3.8, 4) is 11.5 Å². The number of phenols is 1. The maximum Gasteiger partial charge on any atom is 0.339 e. The molecule has 3 rings (SSSR count). The number of esters is 1. The van der Waals surface area contributed by atoms with Crippen molar-refractivity contribution in [2.45, 2.75) is 5.92 Å². The van der Waals surface area contributed by atoms with Gasteiger partial charge in [-0.05, 0) is 12.1 Å². The number of benzene rings is 2. The highest BCUT2D eigenvalue weighted by atomic mass is 35.5. The minimum atomic E-state index is -0.493. The molecule has 0 saturated heterocycles.